The number of hydrogen-bond acceptors (Lipinski definition) is 5. The van der Waals surface area contributed by atoms with Crippen LogP contribution in [0.2, 0.25) is 5.02 Å². The third-order valence-corrected chi connectivity index (χ3v) is 5.44. The average molecular weight is 443 g/mol. The van der Waals surface area contributed by atoms with E-state index in [9.17, 15) is 9.59 Å². The van der Waals surface area contributed by atoms with E-state index < -0.39 is 11.2 Å². The summed E-state index contributed by atoms with van der Waals surface area (Å²) in [5, 5.41) is 5.17. The Morgan fingerprint density at radius 1 is 1.10 bits per heavy atom. The number of methoxy groups -OCH3 is 1. The summed E-state index contributed by atoms with van der Waals surface area (Å²) < 4.78 is 11.1. The van der Waals surface area contributed by atoms with Crippen molar-refractivity contribution in [3.05, 3.63) is 73.1 Å². The van der Waals surface area contributed by atoms with Gasteiger partial charge in [0.1, 0.15) is 0 Å². The molecule has 4 aromatic rings. The van der Waals surface area contributed by atoms with Gasteiger partial charge in [0.05, 0.1) is 25.4 Å². The summed E-state index contributed by atoms with van der Waals surface area (Å²) in [5.74, 6) is 0.465. The number of ether oxygens (including phenoxy) is 1. The molecule has 0 spiro atoms. The van der Waals surface area contributed by atoms with E-state index in [2.05, 4.69) is 10.1 Å². The molecular formula is C21H23ClN6O3. The van der Waals surface area contributed by atoms with Gasteiger partial charge in [-0.3, -0.25) is 18.5 Å². The molecule has 0 bridgehead atoms. The molecule has 0 aliphatic carbocycles. The highest BCUT2D eigenvalue weighted by atomic mass is 35.5. The maximum atomic E-state index is 13.4. The molecule has 0 N–H and O–H groups in total. The molecule has 31 heavy (non-hydrogen) atoms. The lowest BCUT2D eigenvalue weighted by Crippen LogP contribution is -2.40. The Kier molecular flexibility index (Phi) is 5.55. The molecule has 10 heteroatoms. The summed E-state index contributed by atoms with van der Waals surface area (Å²) >= 11 is 6.04. The molecule has 0 fully saturated rings. The van der Waals surface area contributed by atoms with Crippen LogP contribution in [0.4, 0.5) is 0 Å². The van der Waals surface area contributed by atoms with E-state index in [1.807, 2.05) is 32.0 Å². The molecular weight excluding hydrogens is 420 g/mol. The van der Waals surface area contributed by atoms with Crippen LogP contribution >= 0.6 is 11.6 Å². The van der Waals surface area contributed by atoms with E-state index in [1.54, 1.807) is 28.4 Å². The molecule has 3 heterocycles. The highest BCUT2D eigenvalue weighted by molar-refractivity contribution is 6.30. The van der Waals surface area contributed by atoms with Gasteiger partial charge in [-0.15, -0.1) is 0 Å². The van der Waals surface area contributed by atoms with Crippen molar-refractivity contribution in [1.82, 2.24) is 28.5 Å². The zero-order chi connectivity index (χ0) is 22.3. The van der Waals surface area contributed by atoms with E-state index in [1.165, 1.54) is 16.2 Å². The van der Waals surface area contributed by atoms with Gasteiger partial charge in [0, 0.05) is 24.9 Å². The fourth-order valence-electron chi connectivity index (χ4n) is 3.66. The van der Waals surface area contributed by atoms with Crippen LogP contribution in [0.25, 0.3) is 17.1 Å². The lowest BCUT2D eigenvalue weighted by Gasteiger charge is -2.12. The van der Waals surface area contributed by atoms with Crippen molar-refractivity contribution in [2.45, 2.75) is 26.9 Å². The van der Waals surface area contributed by atoms with Crippen molar-refractivity contribution in [2.24, 2.45) is 7.05 Å². The van der Waals surface area contributed by atoms with Gasteiger partial charge in [-0.2, -0.15) is 10.1 Å². The number of fused-ring (bicyclic) bond motifs is 1. The Labute approximate surface area is 183 Å². The van der Waals surface area contributed by atoms with Gasteiger partial charge in [0.25, 0.3) is 5.56 Å². The second-order valence-corrected chi connectivity index (χ2v) is 7.86. The number of halogens is 1. The highest BCUT2D eigenvalue weighted by Gasteiger charge is 2.22. The normalized spacial score (nSPS) is 11.5. The zero-order valence-corrected chi connectivity index (χ0v) is 18.5. The minimum absolute atomic E-state index is 0.152. The molecule has 0 unspecified atom stereocenters. The first kappa shape index (κ1) is 21.1. The van der Waals surface area contributed by atoms with Crippen molar-refractivity contribution in [3.8, 4) is 5.95 Å². The topological polar surface area (TPSA) is 88.9 Å². The predicted molar refractivity (Wildman–Crippen MR) is 118 cm³/mol. The lowest BCUT2D eigenvalue weighted by atomic mass is 10.2. The molecule has 3 aromatic heterocycles. The molecule has 0 amide bonds. The fraction of sp³-hybridized carbons (Fsp3) is 0.333. The lowest BCUT2D eigenvalue weighted by molar-refractivity contribution is 0.184. The Morgan fingerprint density at radius 3 is 2.42 bits per heavy atom. The van der Waals surface area contributed by atoms with Gasteiger partial charge in [0.2, 0.25) is 5.95 Å². The predicted octanol–water partition coefficient (Wildman–Crippen LogP) is 2.05. The Balaban J connectivity index is 2.04. The van der Waals surface area contributed by atoms with Crippen LogP contribution in [0.3, 0.4) is 0 Å². The quantitative estimate of drug-likeness (QED) is 0.456. The van der Waals surface area contributed by atoms with Crippen LogP contribution in [0.1, 0.15) is 17.0 Å². The summed E-state index contributed by atoms with van der Waals surface area (Å²) in [6, 6.07) is 9.31. The Hall–Kier alpha value is -3.17. The number of benzene rings is 1. The number of aryl methyl sites for hydroxylation is 3. The van der Waals surface area contributed by atoms with E-state index in [4.69, 9.17) is 16.3 Å². The second-order valence-electron chi connectivity index (χ2n) is 7.43. The van der Waals surface area contributed by atoms with Crippen molar-refractivity contribution >= 4 is 22.8 Å². The monoisotopic (exact) mass is 442 g/mol. The molecule has 0 atom stereocenters. The molecule has 0 aliphatic rings. The fourth-order valence-corrected chi connectivity index (χ4v) is 3.78. The summed E-state index contributed by atoms with van der Waals surface area (Å²) in [6.07, 6.45) is 0. The smallest absolute Gasteiger partial charge is 0.332 e. The Bertz CT molecular complexity index is 1380. The highest BCUT2D eigenvalue weighted by Crippen LogP contribution is 2.20. The van der Waals surface area contributed by atoms with Gasteiger partial charge in [-0.05, 0) is 37.6 Å². The van der Waals surface area contributed by atoms with Crippen LogP contribution in [-0.4, -0.2) is 42.2 Å². The molecule has 162 valence electrons. The van der Waals surface area contributed by atoms with Gasteiger partial charge in [-0.1, -0.05) is 23.7 Å². The van der Waals surface area contributed by atoms with Crippen molar-refractivity contribution in [3.63, 3.8) is 0 Å². The van der Waals surface area contributed by atoms with Crippen molar-refractivity contribution in [2.75, 3.05) is 13.7 Å². The van der Waals surface area contributed by atoms with Crippen molar-refractivity contribution in [1.29, 1.82) is 0 Å². The first-order chi connectivity index (χ1) is 14.8. The van der Waals surface area contributed by atoms with E-state index >= 15 is 0 Å². The maximum Gasteiger partial charge on any atom is 0.332 e. The van der Waals surface area contributed by atoms with Gasteiger partial charge >= 0.3 is 5.69 Å². The standard InChI is InChI=1S/C21H23ClN6O3/c1-13-11-14(2)28(24-13)20-23-18-17(27(20)12-15-5-7-16(22)8-6-15)19(29)26(9-10-31-4)21(30)25(18)3/h5-8,11H,9-10,12H2,1-4H3. The number of imidazole rings is 1. The minimum atomic E-state index is -0.439. The number of nitrogens with zero attached hydrogens (tertiary/aromatic N) is 6. The molecule has 9 nitrogen and oxygen atoms in total. The largest absolute Gasteiger partial charge is 0.383 e. The van der Waals surface area contributed by atoms with Crippen LogP contribution in [-0.2, 0) is 24.9 Å². The second kappa shape index (κ2) is 8.16. The third-order valence-electron chi connectivity index (χ3n) is 5.18. The molecule has 0 aliphatic heterocycles. The van der Waals surface area contributed by atoms with Gasteiger partial charge in [-0.25, -0.2) is 9.48 Å². The van der Waals surface area contributed by atoms with Crippen LogP contribution in [0, 0.1) is 13.8 Å². The summed E-state index contributed by atoms with van der Waals surface area (Å²) in [6.45, 7) is 4.57. The number of rotatable bonds is 6. The number of hydrogen-bond donors (Lipinski definition) is 0. The first-order valence-corrected chi connectivity index (χ1v) is 10.2. The molecule has 4 rings (SSSR count). The van der Waals surface area contributed by atoms with Gasteiger partial charge in [0.15, 0.2) is 11.2 Å². The molecule has 0 saturated heterocycles. The molecule has 1 aromatic carbocycles. The third kappa shape index (κ3) is 3.70. The van der Waals surface area contributed by atoms with E-state index in [-0.39, 0.29) is 13.2 Å². The van der Waals surface area contributed by atoms with Crippen LogP contribution in [0.15, 0.2) is 39.9 Å². The van der Waals surface area contributed by atoms with Crippen molar-refractivity contribution < 1.29 is 4.74 Å². The minimum Gasteiger partial charge on any atom is -0.383 e. The zero-order valence-electron chi connectivity index (χ0n) is 17.8. The number of aromatic nitrogens is 6. The summed E-state index contributed by atoms with van der Waals surface area (Å²) in [4.78, 5) is 30.9. The Morgan fingerprint density at radius 2 is 1.81 bits per heavy atom. The maximum absolute atomic E-state index is 13.4. The summed E-state index contributed by atoms with van der Waals surface area (Å²) in [7, 11) is 3.14. The van der Waals surface area contributed by atoms with Gasteiger partial charge < -0.3 is 4.74 Å². The van der Waals surface area contributed by atoms with Crippen LogP contribution in [0.5, 0.6) is 0 Å². The summed E-state index contributed by atoms with van der Waals surface area (Å²) in [5.41, 5.74) is 2.41. The first-order valence-electron chi connectivity index (χ1n) is 9.79. The van der Waals surface area contributed by atoms with Crippen LogP contribution < -0.4 is 11.2 Å². The molecule has 0 saturated carbocycles. The average Bonchev–Trinajstić information content (AvgIpc) is 3.27. The molecule has 0 radical (unpaired) electrons. The SMILES string of the molecule is COCCn1c(=O)c2c(nc(-n3nc(C)cc3C)n2Cc2ccc(Cl)cc2)n(C)c1=O. The van der Waals surface area contributed by atoms with E-state index in [0.717, 1.165) is 17.0 Å². The van der Waals surface area contributed by atoms with E-state index in [0.29, 0.717) is 28.7 Å².